The molecule has 3 N–H and O–H groups in total. The fraction of sp³-hybridized carbons (Fsp3) is 0.654. The number of anilines is 1. The van der Waals surface area contributed by atoms with Crippen LogP contribution in [0.1, 0.15) is 53.4 Å². The molecule has 2 bridgehead atoms. The Morgan fingerprint density at radius 2 is 1.91 bits per heavy atom. The molecule has 0 aliphatic carbocycles. The minimum absolute atomic E-state index is 0.191. The molecular formula is C26H36ClN3O5. The van der Waals surface area contributed by atoms with Crippen molar-refractivity contribution in [3.05, 3.63) is 29.3 Å². The molecule has 0 aromatic heterocycles. The van der Waals surface area contributed by atoms with Gasteiger partial charge in [-0.1, -0.05) is 32.4 Å². The molecule has 4 rings (SSSR count). The second-order valence-corrected chi connectivity index (χ2v) is 11.2. The smallest absolute Gasteiger partial charge is 0.250 e. The number of amides is 3. The van der Waals surface area contributed by atoms with Crippen LogP contribution >= 0.6 is 11.6 Å². The molecule has 8 nitrogen and oxygen atoms in total. The van der Waals surface area contributed by atoms with Crippen molar-refractivity contribution in [1.82, 2.24) is 10.2 Å². The Labute approximate surface area is 211 Å². The molecule has 3 aliphatic rings. The second-order valence-electron chi connectivity index (χ2n) is 10.7. The third-order valence-electron chi connectivity index (χ3n) is 7.75. The van der Waals surface area contributed by atoms with Crippen LogP contribution in [0, 0.1) is 17.8 Å². The predicted octanol–water partition coefficient (Wildman–Crippen LogP) is 2.98. The first-order valence-corrected chi connectivity index (χ1v) is 12.9. The van der Waals surface area contributed by atoms with E-state index >= 15 is 0 Å². The molecule has 3 heterocycles. The highest BCUT2D eigenvalue weighted by atomic mass is 35.5. The standard InChI is InChI=1S/C26H36ClN3O5/c1-5-12-28-22(32)19-20-24(34)30(18(14-31)13-15(2)3)21(26(20)11-10-25(19,4)35-26)23(33)29-17-8-6-16(27)7-9-17/h6-9,15,18-21,31H,5,10-14H2,1-4H3,(H,28,32)(H,29,33)/t18-,19-,20+,21?,25+,26?/m1/s1. The van der Waals surface area contributed by atoms with Gasteiger partial charge in [-0.25, -0.2) is 0 Å². The van der Waals surface area contributed by atoms with Crippen LogP contribution in [0.15, 0.2) is 24.3 Å². The van der Waals surface area contributed by atoms with Gasteiger partial charge in [0.1, 0.15) is 11.6 Å². The number of carbonyl (C=O) groups excluding carboxylic acids is 3. The number of aliphatic hydroxyl groups is 1. The van der Waals surface area contributed by atoms with Crippen LogP contribution < -0.4 is 10.6 Å². The number of fused-ring (bicyclic) bond motifs is 1. The van der Waals surface area contributed by atoms with Gasteiger partial charge in [0.15, 0.2) is 0 Å². The van der Waals surface area contributed by atoms with Gasteiger partial charge in [0, 0.05) is 17.3 Å². The fourth-order valence-electron chi connectivity index (χ4n) is 6.38. The zero-order chi connectivity index (χ0) is 25.5. The van der Waals surface area contributed by atoms with Crippen LogP contribution in [0.2, 0.25) is 5.02 Å². The van der Waals surface area contributed by atoms with Gasteiger partial charge in [-0.2, -0.15) is 0 Å². The first-order valence-electron chi connectivity index (χ1n) is 12.5. The molecular weight excluding hydrogens is 470 g/mol. The molecule has 1 aromatic carbocycles. The molecule has 35 heavy (non-hydrogen) atoms. The molecule has 3 saturated heterocycles. The number of carbonyl (C=O) groups is 3. The monoisotopic (exact) mass is 505 g/mol. The van der Waals surface area contributed by atoms with Crippen molar-refractivity contribution in [3.63, 3.8) is 0 Å². The zero-order valence-corrected chi connectivity index (χ0v) is 21.6. The number of hydrogen-bond donors (Lipinski definition) is 3. The van der Waals surface area contributed by atoms with Gasteiger partial charge in [0.25, 0.3) is 0 Å². The van der Waals surface area contributed by atoms with E-state index < -0.39 is 35.1 Å². The average Bonchev–Trinajstić information content (AvgIpc) is 3.38. The molecule has 6 atom stereocenters. The summed E-state index contributed by atoms with van der Waals surface area (Å²) in [6.45, 7) is 8.10. The Hall–Kier alpha value is -2.16. The normalized spacial score (nSPS) is 32.1. The lowest BCUT2D eigenvalue weighted by molar-refractivity contribution is -0.148. The maximum Gasteiger partial charge on any atom is 0.250 e. The van der Waals surface area contributed by atoms with E-state index in [1.807, 2.05) is 27.7 Å². The van der Waals surface area contributed by atoms with E-state index in [1.165, 1.54) is 4.90 Å². The summed E-state index contributed by atoms with van der Waals surface area (Å²) in [5.74, 6) is -2.16. The first kappa shape index (κ1) is 25.9. The SMILES string of the molecule is CCCNC(=O)[C@H]1[C@H]2C(=O)N([C@@H](CO)CC(C)C)C(C(=O)Nc3ccc(Cl)cc3)C23CC[C@]1(C)O3. The van der Waals surface area contributed by atoms with Crippen molar-refractivity contribution in [2.75, 3.05) is 18.5 Å². The van der Waals surface area contributed by atoms with Gasteiger partial charge in [-0.15, -0.1) is 0 Å². The van der Waals surface area contributed by atoms with E-state index in [0.29, 0.717) is 36.5 Å². The van der Waals surface area contributed by atoms with Crippen molar-refractivity contribution in [3.8, 4) is 0 Å². The van der Waals surface area contributed by atoms with Crippen LogP contribution in [-0.4, -0.2) is 64.2 Å². The Morgan fingerprint density at radius 3 is 2.51 bits per heavy atom. The Balaban J connectivity index is 1.75. The van der Waals surface area contributed by atoms with Crippen molar-refractivity contribution < 1.29 is 24.2 Å². The summed E-state index contributed by atoms with van der Waals surface area (Å²) in [5, 5.41) is 16.7. The van der Waals surface area contributed by atoms with Crippen molar-refractivity contribution in [2.45, 2.75) is 76.7 Å². The van der Waals surface area contributed by atoms with Gasteiger partial charge >= 0.3 is 0 Å². The van der Waals surface area contributed by atoms with E-state index in [0.717, 1.165) is 6.42 Å². The van der Waals surface area contributed by atoms with Gasteiger partial charge < -0.3 is 25.4 Å². The maximum absolute atomic E-state index is 14.1. The maximum atomic E-state index is 14.1. The van der Waals surface area contributed by atoms with Crippen molar-refractivity contribution in [1.29, 1.82) is 0 Å². The lowest BCUT2D eigenvalue weighted by Gasteiger charge is -2.37. The van der Waals surface area contributed by atoms with Crippen LogP contribution in [-0.2, 0) is 19.1 Å². The summed E-state index contributed by atoms with van der Waals surface area (Å²) in [4.78, 5) is 42.7. The predicted molar refractivity (Wildman–Crippen MR) is 133 cm³/mol. The number of hydrogen-bond acceptors (Lipinski definition) is 5. The second kappa shape index (κ2) is 9.71. The lowest BCUT2D eigenvalue weighted by atomic mass is 9.66. The number of rotatable bonds is 9. The minimum Gasteiger partial charge on any atom is -0.394 e. The summed E-state index contributed by atoms with van der Waals surface area (Å²) < 4.78 is 6.59. The number of nitrogens with zero attached hydrogens (tertiary/aromatic N) is 1. The fourth-order valence-corrected chi connectivity index (χ4v) is 6.51. The number of ether oxygens (including phenoxy) is 1. The van der Waals surface area contributed by atoms with Gasteiger partial charge in [0.2, 0.25) is 17.7 Å². The van der Waals surface area contributed by atoms with Gasteiger partial charge in [-0.05, 0) is 62.8 Å². The Kier molecular flexibility index (Phi) is 7.19. The summed E-state index contributed by atoms with van der Waals surface area (Å²) in [7, 11) is 0. The van der Waals surface area contributed by atoms with Crippen LogP contribution in [0.4, 0.5) is 5.69 Å². The molecule has 2 unspecified atom stereocenters. The molecule has 0 saturated carbocycles. The quantitative estimate of drug-likeness (QED) is 0.478. The highest BCUT2D eigenvalue weighted by molar-refractivity contribution is 6.30. The topological polar surface area (TPSA) is 108 Å². The molecule has 3 fully saturated rings. The minimum atomic E-state index is -1.12. The highest BCUT2D eigenvalue weighted by Gasteiger charge is 2.78. The molecule has 192 valence electrons. The van der Waals surface area contributed by atoms with E-state index in [1.54, 1.807) is 24.3 Å². The largest absolute Gasteiger partial charge is 0.394 e. The van der Waals surface area contributed by atoms with Gasteiger partial charge in [0.05, 0.1) is 30.1 Å². The Morgan fingerprint density at radius 1 is 1.23 bits per heavy atom. The molecule has 0 radical (unpaired) electrons. The number of nitrogens with one attached hydrogen (secondary N) is 2. The van der Waals surface area contributed by atoms with Crippen LogP contribution in [0.25, 0.3) is 0 Å². The molecule has 9 heteroatoms. The van der Waals surface area contributed by atoms with Crippen molar-refractivity contribution >= 4 is 35.0 Å². The molecule has 3 amide bonds. The average molecular weight is 506 g/mol. The summed E-state index contributed by atoms with van der Waals surface area (Å²) >= 11 is 6.00. The summed E-state index contributed by atoms with van der Waals surface area (Å²) in [6.07, 6.45) is 2.37. The third kappa shape index (κ3) is 4.34. The van der Waals surface area contributed by atoms with Crippen LogP contribution in [0.5, 0.6) is 0 Å². The molecule has 1 spiro atoms. The number of likely N-dealkylation sites (tertiary alicyclic amines) is 1. The Bertz CT molecular complexity index is 986. The lowest BCUT2D eigenvalue weighted by Crippen LogP contribution is -2.56. The van der Waals surface area contributed by atoms with E-state index in [4.69, 9.17) is 16.3 Å². The molecule has 3 aliphatic heterocycles. The van der Waals surface area contributed by atoms with E-state index in [9.17, 15) is 19.5 Å². The first-order chi connectivity index (χ1) is 16.6. The third-order valence-corrected chi connectivity index (χ3v) is 8.01. The summed E-state index contributed by atoms with van der Waals surface area (Å²) in [5.41, 5.74) is -1.40. The molecule has 1 aromatic rings. The highest BCUT2D eigenvalue weighted by Crippen LogP contribution is 2.63. The van der Waals surface area contributed by atoms with E-state index in [-0.39, 0.29) is 30.2 Å². The zero-order valence-electron chi connectivity index (χ0n) is 20.8. The summed E-state index contributed by atoms with van der Waals surface area (Å²) in [6, 6.07) is 5.23. The van der Waals surface area contributed by atoms with Crippen LogP contribution in [0.3, 0.4) is 0 Å². The number of aliphatic hydroxyl groups excluding tert-OH is 1. The number of halogens is 1. The van der Waals surface area contributed by atoms with Gasteiger partial charge in [-0.3, -0.25) is 14.4 Å². The van der Waals surface area contributed by atoms with E-state index in [2.05, 4.69) is 10.6 Å². The number of benzene rings is 1. The van der Waals surface area contributed by atoms with Crippen molar-refractivity contribution in [2.24, 2.45) is 17.8 Å².